The lowest BCUT2D eigenvalue weighted by atomic mass is 10.0. The van der Waals surface area contributed by atoms with Gasteiger partial charge in [0.25, 0.3) is 0 Å². The van der Waals surface area contributed by atoms with Crippen molar-refractivity contribution in [1.82, 2.24) is 4.72 Å². The van der Waals surface area contributed by atoms with Gasteiger partial charge in [0.1, 0.15) is 5.78 Å². The van der Waals surface area contributed by atoms with Crippen molar-refractivity contribution in [1.29, 1.82) is 0 Å². The molecule has 0 radical (unpaired) electrons. The maximum atomic E-state index is 12.7. The monoisotopic (exact) mass is 413 g/mol. The van der Waals surface area contributed by atoms with Crippen molar-refractivity contribution in [3.8, 4) is 0 Å². The second kappa shape index (κ2) is 8.16. The Balaban J connectivity index is 1.76. The van der Waals surface area contributed by atoms with E-state index in [0.717, 1.165) is 16.3 Å². The Kier molecular flexibility index (Phi) is 6.00. The fourth-order valence-corrected chi connectivity index (χ4v) is 4.74. The highest BCUT2D eigenvalue weighted by Gasteiger charge is 2.27. The predicted molar refractivity (Wildman–Crippen MR) is 112 cm³/mol. The average molecular weight is 414 g/mol. The van der Waals surface area contributed by atoms with Crippen LogP contribution in [0.4, 0.5) is 0 Å². The normalized spacial score (nSPS) is 16.0. The minimum Gasteiger partial charge on any atom is -0.298 e. The van der Waals surface area contributed by atoms with Gasteiger partial charge in [-0.15, -0.1) is 0 Å². The van der Waals surface area contributed by atoms with Crippen LogP contribution < -0.4 is 15.4 Å². The van der Waals surface area contributed by atoms with E-state index in [4.69, 9.17) is 9.98 Å². The van der Waals surface area contributed by atoms with Crippen LogP contribution in [0.2, 0.25) is 0 Å². The molecule has 0 amide bonds. The first kappa shape index (κ1) is 21.3. The zero-order valence-corrected chi connectivity index (χ0v) is 18.0. The summed E-state index contributed by atoms with van der Waals surface area (Å²) in [4.78, 5) is 21.4. The molecule has 2 aromatic rings. The van der Waals surface area contributed by atoms with E-state index in [2.05, 4.69) is 4.72 Å². The van der Waals surface area contributed by atoms with E-state index in [1.165, 1.54) is 6.92 Å². The molecule has 7 heteroatoms. The zero-order valence-electron chi connectivity index (χ0n) is 17.2. The molecule has 0 bridgehead atoms. The number of benzene rings is 2. The fourth-order valence-electron chi connectivity index (χ4n) is 3.47. The zero-order chi connectivity index (χ0) is 21.2. The van der Waals surface area contributed by atoms with Crippen LogP contribution in [0.25, 0.3) is 0 Å². The van der Waals surface area contributed by atoms with Gasteiger partial charge in [-0.1, -0.05) is 38.1 Å². The minimum atomic E-state index is -3.77. The van der Waals surface area contributed by atoms with Gasteiger partial charge >= 0.3 is 0 Å². The van der Waals surface area contributed by atoms with Gasteiger partial charge in [0.2, 0.25) is 10.0 Å². The van der Waals surface area contributed by atoms with Crippen LogP contribution in [0, 0.1) is 5.92 Å². The lowest BCUT2D eigenvalue weighted by Gasteiger charge is -2.19. The van der Waals surface area contributed by atoms with E-state index < -0.39 is 21.7 Å². The summed E-state index contributed by atoms with van der Waals surface area (Å²) in [5.41, 5.74) is 0.344. The Morgan fingerprint density at radius 3 is 2.07 bits per heavy atom. The summed E-state index contributed by atoms with van der Waals surface area (Å²) >= 11 is 0. The topological polar surface area (TPSA) is 88.0 Å². The third-order valence-corrected chi connectivity index (χ3v) is 6.36. The van der Waals surface area contributed by atoms with Gasteiger partial charge in [0, 0.05) is 6.42 Å². The van der Waals surface area contributed by atoms with E-state index in [1.54, 1.807) is 24.3 Å². The Morgan fingerprint density at radius 2 is 1.59 bits per heavy atom. The van der Waals surface area contributed by atoms with Crippen LogP contribution in [0.5, 0.6) is 0 Å². The summed E-state index contributed by atoms with van der Waals surface area (Å²) in [6.07, 6.45) is 1.04. The number of carbonyl (C=O) groups excluding carboxylic acids is 1. The van der Waals surface area contributed by atoms with Crippen molar-refractivity contribution in [3.05, 3.63) is 64.8 Å². The van der Waals surface area contributed by atoms with E-state index in [0.29, 0.717) is 12.8 Å². The van der Waals surface area contributed by atoms with Crippen LogP contribution >= 0.6 is 0 Å². The molecule has 0 fully saturated rings. The quantitative estimate of drug-likeness (QED) is 0.719. The number of carbonyl (C=O) groups is 1. The smallest absolute Gasteiger partial charge is 0.241 e. The summed E-state index contributed by atoms with van der Waals surface area (Å²) in [7, 11) is -3.77. The Labute approximate surface area is 171 Å². The van der Waals surface area contributed by atoms with E-state index >= 15 is 0 Å². The van der Waals surface area contributed by atoms with Crippen LogP contribution in [-0.2, 0) is 21.2 Å². The van der Waals surface area contributed by atoms with Gasteiger partial charge in [-0.25, -0.2) is 13.1 Å². The number of fused-ring (bicyclic) bond motifs is 1. The summed E-state index contributed by atoms with van der Waals surface area (Å²) in [6.45, 7) is 7.28. The van der Waals surface area contributed by atoms with Crippen LogP contribution in [0.15, 0.2) is 63.4 Å². The third-order valence-electron chi connectivity index (χ3n) is 4.87. The molecule has 29 heavy (non-hydrogen) atoms. The maximum absolute atomic E-state index is 12.7. The second-order valence-electron chi connectivity index (χ2n) is 8.16. The summed E-state index contributed by atoms with van der Waals surface area (Å²) in [6, 6.07) is 13.7. The number of para-hydroxylation sites is 2. The largest absolute Gasteiger partial charge is 0.298 e. The first-order valence-electron chi connectivity index (χ1n) is 9.74. The molecule has 2 aromatic carbocycles. The number of ketones is 1. The van der Waals surface area contributed by atoms with Crippen molar-refractivity contribution < 1.29 is 13.2 Å². The van der Waals surface area contributed by atoms with Crippen LogP contribution in [-0.4, -0.2) is 25.9 Å². The highest BCUT2D eigenvalue weighted by atomic mass is 32.2. The number of hydrogen-bond donors (Lipinski definition) is 1. The standard InChI is InChI=1S/C22H27N3O3S/c1-15(2)13-21(16(3)26)25-29(27,28)18-11-9-17(10-12-18)14-22(4)23-19-7-5-6-8-20(19)24-22/h5-12,15,21,25H,13-14H2,1-4H3. The number of nitrogens with zero attached hydrogens (tertiary/aromatic N) is 2. The molecule has 6 nitrogen and oxygen atoms in total. The SMILES string of the molecule is CC(=O)C(CC(C)C)NS(=O)(=O)c1ccc(CC2(C)N=c3ccccc3=N2)cc1. The Hall–Kier alpha value is -2.38. The molecular formula is C22H27N3O3S. The summed E-state index contributed by atoms with van der Waals surface area (Å²) < 4.78 is 27.9. The van der Waals surface area contributed by atoms with E-state index in [1.807, 2.05) is 45.0 Å². The van der Waals surface area contributed by atoms with Crippen molar-refractivity contribution >= 4 is 15.8 Å². The van der Waals surface area contributed by atoms with Gasteiger partial charge in [-0.3, -0.25) is 14.8 Å². The van der Waals surface area contributed by atoms with Gasteiger partial charge in [0.15, 0.2) is 5.66 Å². The van der Waals surface area contributed by atoms with Gasteiger partial charge in [0.05, 0.1) is 21.7 Å². The number of hydrogen-bond acceptors (Lipinski definition) is 5. The number of sulfonamides is 1. The molecule has 1 aliphatic rings. The van der Waals surface area contributed by atoms with Crippen LogP contribution in [0.3, 0.4) is 0 Å². The molecule has 0 spiro atoms. The molecule has 1 N–H and O–H groups in total. The molecule has 3 rings (SSSR count). The van der Waals surface area contributed by atoms with Crippen molar-refractivity contribution in [2.24, 2.45) is 15.9 Å². The molecule has 0 aliphatic carbocycles. The first-order valence-corrected chi connectivity index (χ1v) is 11.2. The molecule has 1 aliphatic heterocycles. The first-order chi connectivity index (χ1) is 13.6. The van der Waals surface area contributed by atoms with Crippen molar-refractivity contribution in [3.63, 3.8) is 0 Å². The highest BCUT2D eigenvalue weighted by molar-refractivity contribution is 7.89. The summed E-state index contributed by atoms with van der Waals surface area (Å²) in [5, 5.41) is 1.75. The Bertz CT molecular complexity index is 1090. The lowest BCUT2D eigenvalue weighted by Crippen LogP contribution is -2.40. The molecule has 1 heterocycles. The fraction of sp³-hybridized carbons (Fsp3) is 0.409. The molecule has 1 unspecified atom stereocenters. The van der Waals surface area contributed by atoms with Gasteiger partial charge in [-0.05, 0) is 56.0 Å². The number of Topliss-reactive ketones (excluding diaryl/α,β-unsaturated/α-hetero) is 1. The third kappa shape index (κ3) is 5.16. The maximum Gasteiger partial charge on any atom is 0.241 e. The molecular weight excluding hydrogens is 386 g/mol. The van der Waals surface area contributed by atoms with Crippen molar-refractivity contribution in [2.75, 3.05) is 0 Å². The highest BCUT2D eigenvalue weighted by Crippen LogP contribution is 2.21. The molecule has 0 saturated carbocycles. The van der Waals surface area contributed by atoms with E-state index in [9.17, 15) is 13.2 Å². The average Bonchev–Trinajstić information content (AvgIpc) is 2.96. The molecule has 0 aromatic heterocycles. The number of rotatable bonds is 8. The number of nitrogens with one attached hydrogen (secondary N) is 1. The van der Waals surface area contributed by atoms with Crippen molar-refractivity contribution in [2.45, 2.75) is 57.1 Å². The minimum absolute atomic E-state index is 0.144. The Morgan fingerprint density at radius 1 is 1.03 bits per heavy atom. The van der Waals surface area contributed by atoms with Gasteiger partial charge in [-0.2, -0.15) is 0 Å². The van der Waals surface area contributed by atoms with Crippen LogP contribution in [0.1, 0.15) is 39.7 Å². The molecule has 0 saturated heterocycles. The summed E-state index contributed by atoms with van der Waals surface area (Å²) in [5.74, 6) is 0.0218. The molecule has 1 atom stereocenters. The second-order valence-corrected chi connectivity index (χ2v) is 9.88. The lowest BCUT2D eigenvalue weighted by molar-refractivity contribution is -0.118. The van der Waals surface area contributed by atoms with Gasteiger partial charge < -0.3 is 0 Å². The predicted octanol–water partition coefficient (Wildman–Crippen LogP) is 2.18. The molecule has 154 valence electrons. The van der Waals surface area contributed by atoms with E-state index in [-0.39, 0.29) is 16.6 Å².